The average molecular weight is 250 g/mol. The second-order valence-corrected chi connectivity index (χ2v) is 5.22. The maximum atomic E-state index is 12.2. The number of nitrogens with two attached hydrogens (primary N) is 1. The molecular formula is C13H22N4O. The molecule has 2 N–H and O–H groups in total. The minimum absolute atomic E-state index is 0.00195. The Morgan fingerprint density at radius 1 is 1.39 bits per heavy atom. The smallest absolute Gasteiger partial charge is 0.293 e. The summed E-state index contributed by atoms with van der Waals surface area (Å²) in [7, 11) is 0. The predicted molar refractivity (Wildman–Crippen MR) is 72.8 cm³/mol. The third kappa shape index (κ3) is 2.41. The van der Waals surface area contributed by atoms with Gasteiger partial charge in [-0.3, -0.25) is 4.79 Å². The van der Waals surface area contributed by atoms with Crippen LogP contribution in [0.15, 0.2) is 17.2 Å². The number of nitrogens with zero attached hydrogens (tertiary/aromatic N) is 3. The van der Waals surface area contributed by atoms with Crippen molar-refractivity contribution in [3.63, 3.8) is 0 Å². The zero-order valence-electron chi connectivity index (χ0n) is 11.2. The number of aromatic nitrogens is 2. The first-order valence-corrected chi connectivity index (χ1v) is 6.69. The van der Waals surface area contributed by atoms with E-state index in [2.05, 4.69) is 18.8 Å². The Labute approximate surface area is 108 Å². The van der Waals surface area contributed by atoms with Gasteiger partial charge in [0.25, 0.3) is 5.56 Å². The number of hydrogen-bond donors (Lipinski definition) is 1. The Morgan fingerprint density at radius 3 is 2.72 bits per heavy atom. The van der Waals surface area contributed by atoms with E-state index >= 15 is 0 Å². The molecule has 0 saturated carbocycles. The van der Waals surface area contributed by atoms with Crippen molar-refractivity contribution >= 4 is 5.82 Å². The lowest BCUT2D eigenvalue weighted by Crippen LogP contribution is -2.68. The van der Waals surface area contributed by atoms with E-state index in [4.69, 9.17) is 5.73 Å². The normalized spacial score (nSPS) is 17.6. The van der Waals surface area contributed by atoms with Crippen molar-refractivity contribution in [2.75, 3.05) is 18.0 Å². The highest BCUT2D eigenvalue weighted by Crippen LogP contribution is 2.25. The molecule has 1 aliphatic rings. The minimum atomic E-state index is -0.131. The molecule has 0 atom stereocenters. The molecule has 1 aliphatic heterocycles. The molecule has 2 heterocycles. The molecule has 18 heavy (non-hydrogen) atoms. The largest absolute Gasteiger partial charge is 0.348 e. The fourth-order valence-electron chi connectivity index (χ4n) is 2.59. The molecule has 5 heteroatoms. The predicted octanol–water partition coefficient (Wildman–Crippen LogP) is 0.971. The van der Waals surface area contributed by atoms with Gasteiger partial charge < -0.3 is 15.2 Å². The Morgan fingerprint density at radius 2 is 2.11 bits per heavy atom. The van der Waals surface area contributed by atoms with Crippen molar-refractivity contribution in [1.82, 2.24) is 9.55 Å². The molecule has 2 rings (SSSR count). The van der Waals surface area contributed by atoms with Gasteiger partial charge in [0.05, 0.1) is 5.54 Å². The second-order valence-electron chi connectivity index (χ2n) is 5.22. The van der Waals surface area contributed by atoms with Crippen LogP contribution in [0.2, 0.25) is 0 Å². The monoisotopic (exact) mass is 250 g/mol. The van der Waals surface area contributed by atoms with Gasteiger partial charge >= 0.3 is 0 Å². The Bertz CT molecular complexity index is 462. The van der Waals surface area contributed by atoms with Gasteiger partial charge in [0.2, 0.25) is 0 Å². The molecule has 1 fully saturated rings. The van der Waals surface area contributed by atoms with E-state index < -0.39 is 0 Å². The van der Waals surface area contributed by atoms with Crippen molar-refractivity contribution < 1.29 is 0 Å². The van der Waals surface area contributed by atoms with E-state index in [-0.39, 0.29) is 11.1 Å². The summed E-state index contributed by atoms with van der Waals surface area (Å²) in [6.45, 7) is 6.40. The van der Waals surface area contributed by atoms with Crippen molar-refractivity contribution in [3.05, 3.63) is 22.7 Å². The Balaban J connectivity index is 2.12. The molecule has 0 bridgehead atoms. The van der Waals surface area contributed by atoms with Gasteiger partial charge in [-0.25, -0.2) is 4.98 Å². The second kappa shape index (κ2) is 5.10. The summed E-state index contributed by atoms with van der Waals surface area (Å²) in [5.41, 5.74) is 6.08. The Kier molecular flexibility index (Phi) is 3.71. The van der Waals surface area contributed by atoms with Crippen molar-refractivity contribution in [1.29, 1.82) is 0 Å². The van der Waals surface area contributed by atoms with Crippen LogP contribution in [-0.4, -0.2) is 28.2 Å². The van der Waals surface area contributed by atoms with Gasteiger partial charge in [0.1, 0.15) is 0 Å². The molecule has 1 saturated heterocycles. The van der Waals surface area contributed by atoms with Crippen LogP contribution in [-0.2, 0) is 6.54 Å². The SMILES string of the molecule is CCCn1ccnc(N2CC(N)(CCC)C2)c1=O. The summed E-state index contributed by atoms with van der Waals surface area (Å²) in [6.07, 6.45) is 6.46. The standard InChI is InChI=1S/C13H22N4O/c1-3-5-13(14)9-17(10-13)11-12(18)16(7-4-2)8-6-15-11/h6,8H,3-5,7,9-10,14H2,1-2H3. The molecule has 100 valence electrons. The highest BCUT2D eigenvalue weighted by molar-refractivity contribution is 5.42. The van der Waals surface area contributed by atoms with Gasteiger partial charge in [-0.05, 0) is 12.8 Å². The molecular weight excluding hydrogens is 228 g/mol. The molecule has 1 aromatic heterocycles. The topological polar surface area (TPSA) is 64.2 Å². The third-order valence-corrected chi connectivity index (χ3v) is 3.42. The highest BCUT2D eigenvalue weighted by atomic mass is 16.1. The van der Waals surface area contributed by atoms with Gasteiger partial charge in [-0.2, -0.15) is 0 Å². The molecule has 0 radical (unpaired) electrons. The van der Waals surface area contributed by atoms with Crippen molar-refractivity contribution in [3.8, 4) is 0 Å². The van der Waals surface area contributed by atoms with Gasteiger partial charge in [0.15, 0.2) is 5.82 Å². The van der Waals surface area contributed by atoms with Crippen LogP contribution in [0.4, 0.5) is 5.82 Å². The zero-order valence-corrected chi connectivity index (χ0v) is 11.2. The molecule has 0 spiro atoms. The summed E-state index contributed by atoms with van der Waals surface area (Å²) < 4.78 is 1.72. The molecule has 5 nitrogen and oxygen atoms in total. The van der Waals surface area contributed by atoms with Crippen LogP contribution in [0, 0.1) is 0 Å². The van der Waals surface area contributed by atoms with Crippen LogP contribution >= 0.6 is 0 Å². The van der Waals surface area contributed by atoms with Crippen molar-refractivity contribution in [2.24, 2.45) is 5.73 Å². The van der Waals surface area contributed by atoms with Crippen molar-refractivity contribution in [2.45, 2.75) is 45.2 Å². The zero-order chi connectivity index (χ0) is 13.2. The average Bonchev–Trinajstić information content (AvgIpc) is 2.29. The quantitative estimate of drug-likeness (QED) is 0.846. The van der Waals surface area contributed by atoms with Gasteiger partial charge in [-0.15, -0.1) is 0 Å². The van der Waals surface area contributed by atoms with E-state index in [1.165, 1.54) is 0 Å². The number of rotatable bonds is 5. The number of anilines is 1. The number of aryl methyl sites for hydroxylation is 1. The summed E-state index contributed by atoms with van der Waals surface area (Å²) >= 11 is 0. The maximum absolute atomic E-state index is 12.2. The Hall–Kier alpha value is -1.36. The van der Waals surface area contributed by atoms with Gasteiger partial charge in [0, 0.05) is 32.0 Å². The minimum Gasteiger partial charge on any atom is -0.348 e. The van der Waals surface area contributed by atoms with E-state index in [9.17, 15) is 4.79 Å². The fourth-order valence-corrected chi connectivity index (χ4v) is 2.59. The fraction of sp³-hybridized carbons (Fsp3) is 0.692. The summed E-state index contributed by atoms with van der Waals surface area (Å²) in [5.74, 6) is 0.545. The molecule has 1 aromatic rings. The number of hydrogen-bond acceptors (Lipinski definition) is 4. The molecule has 0 unspecified atom stereocenters. The van der Waals surface area contributed by atoms with Crippen LogP contribution in [0.25, 0.3) is 0 Å². The lowest BCUT2D eigenvalue weighted by molar-refractivity contribution is 0.304. The first-order valence-electron chi connectivity index (χ1n) is 6.69. The van der Waals surface area contributed by atoms with Crippen LogP contribution in [0.1, 0.15) is 33.1 Å². The molecule has 0 aliphatic carbocycles. The van der Waals surface area contributed by atoms with Crippen LogP contribution < -0.4 is 16.2 Å². The summed E-state index contributed by atoms with van der Waals surface area (Å²) in [6, 6.07) is 0. The highest BCUT2D eigenvalue weighted by Gasteiger charge is 2.40. The van der Waals surface area contributed by atoms with E-state index in [1.54, 1.807) is 17.0 Å². The first-order chi connectivity index (χ1) is 8.59. The van der Waals surface area contributed by atoms with Crippen LogP contribution in [0.5, 0.6) is 0 Å². The molecule has 0 aromatic carbocycles. The third-order valence-electron chi connectivity index (χ3n) is 3.42. The summed E-state index contributed by atoms with van der Waals surface area (Å²) in [5, 5.41) is 0. The van der Waals surface area contributed by atoms with E-state index in [1.807, 2.05) is 4.90 Å². The lowest BCUT2D eigenvalue weighted by Gasteiger charge is -2.48. The summed E-state index contributed by atoms with van der Waals surface area (Å²) in [4.78, 5) is 18.4. The van der Waals surface area contributed by atoms with Gasteiger partial charge in [-0.1, -0.05) is 20.3 Å². The van der Waals surface area contributed by atoms with E-state index in [0.29, 0.717) is 5.82 Å². The molecule has 0 amide bonds. The van der Waals surface area contributed by atoms with Crippen LogP contribution in [0.3, 0.4) is 0 Å². The van der Waals surface area contributed by atoms with E-state index in [0.717, 1.165) is 38.9 Å². The lowest BCUT2D eigenvalue weighted by atomic mass is 9.86. The first kappa shape index (κ1) is 13.1. The maximum Gasteiger partial charge on any atom is 0.293 e.